The lowest BCUT2D eigenvalue weighted by molar-refractivity contribution is -0.175. The minimum atomic E-state index is -0.528. The molecule has 2 aromatic rings. The van der Waals surface area contributed by atoms with E-state index >= 15 is 0 Å². The Morgan fingerprint density at radius 1 is 1.07 bits per heavy atom. The van der Waals surface area contributed by atoms with Crippen LogP contribution in [0.2, 0.25) is 10.0 Å². The standard InChI is InChI=1S/C24H25Cl2NO2/c1-2-5-21-24(28)27(15-16-6-3-7-16)22(17-10-12-19(25)13-11-17)23(29-21)18-8-4-9-20(26)14-18/h2,4,8-14,16,21-23H,1,3,5-7,15H2/t21-,22+,23-/m0/s1. The van der Waals surface area contributed by atoms with Gasteiger partial charge >= 0.3 is 0 Å². The maximum atomic E-state index is 13.4. The van der Waals surface area contributed by atoms with Gasteiger partial charge in [0.2, 0.25) is 0 Å². The first-order valence-corrected chi connectivity index (χ1v) is 10.9. The van der Waals surface area contributed by atoms with Gasteiger partial charge in [-0.3, -0.25) is 4.79 Å². The number of hydrogen-bond acceptors (Lipinski definition) is 2. The van der Waals surface area contributed by atoms with Gasteiger partial charge in [0, 0.05) is 23.0 Å². The zero-order valence-corrected chi connectivity index (χ0v) is 17.8. The van der Waals surface area contributed by atoms with Crippen molar-refractivity contribution in [1.82, 2.24) is 4.90 Å². The van der Waals surface area contributed by atoms with Crippen LogP contribution in [0.5, 0.6) is 0 Å². The van der Waals surface area contributed by atoms with E-state index in [-0.39, 0.29) is 18.1 Å². The third kappa shape index (κ3) is 4.37. The molecule has 1 aliphatic heterocycles. The Labute approximate surface area is 182 Å². The highest BCUT2D eigenvalue weighted by Crippen LogP contribution is 2.44. The van der Waals surface area contributed by atoms with E-state index in [1.54, 1.807) is 6.08 Å². The highest BCUT2D eigenvalue weighted by atomic mass is 35.5. The summed E-state index contributed by atoms with van der Waals surface area (Å²) in [7, 11) is 0. The molecule has 2 fully saturated rings. The molecule has 1 amide bonds. The number of ether oxygens (including phenoxy) is 1. The number of amides is 1. The van der Waals surface area contributed by atoms with Crippen molar-refractivity contribution in [3.05, 3.63) is 82.4 Å². The van der Waals surface area contributed by atoms with Crippen molar-refractivity contribution < 1.29 is 9.53 Å². The van der Waals surface area contributed by atoms with Gasteiger partial charge in [-0.05, 0) is 54.2 Å². The molecule has 0 bridgehead atoms. The van der Waals surface area contributed by atoms with Gasteiger partial charge in [0.1, 0.15) is 12.2 Å². The van der Waals surface area contributed by atoms with Crippen molar-refractivity contribution in [2.45, 2.75) is 43.9 Å². The van der Waals surface area contributed by atoms with Gasteiger partial charge in [-0.2, -0.15) is 0 Å². The van der Waals surface area contributed by atoms with Crippen LogP contribution in [0.15, 0.2) is 61.2 Å². The van der Waals surface area contributed by atoms with Crippen LogP contribution in [-0.2, 0) is 9.53 Å². The molecule has 4 rings (SSSR count). The normalized spacial score (nSPS) is 25.0. The van der Waals surface area contributed by atoms with Crippen molar-refractivity contribution in [3.63, 3.8) is 0 Å². The first kappa shape index (κ1) is 20.5. The zero-order valence-electron chi connectivity index (χ0n) is 16.3. The molecule has 1 aliphatic carbocycles. The van der Waals surface area contributed by atoms with Crippen LogP contribution in [-0.4, -0.2) is 23.5 Å². The maximum absolute atomic E-state index is 13.4. The van der Waals surface area contributed by atoms with Crippen LogP contribution in [0.3, 0.4) is 0 Å². The summed E-state index contributed by atoms with van der Waals surface area (Å²) in [6.45, 7) is 4.57. The van der Waals surface area contributed by atoms with E-state index in [4.69, 9.17) is 27.9 Å². The van der Waals surface area contributed by atoms with Gasteiger partial charge in [-0.25, -0.2) is 0 Å². The third-order valence-electron chi connectivity index (χ3n) is 5.94. The van der Waals surface area contributed by atoms with Crippen molar-refractivity contribution in [3.8, 4) is 0 Å². The molecule has 3 atom stereocenters. The molecule has 1 saturated heterocycles. The molecule has 2 aromatic carbocycles. The Morgan fingerprint density at radius 3 is 2.45 bits per heavy atom. The Balaban J connectivity index is 1.78. The lowest BCUT2D eigenvalue weighted by Crippen LogP contribution is -2.52. The Kier molecular flexibility index (Phi) is 6.29. The van der Waals surface area contributed by atoms with Crippen molar-refractivity contribution in [1.29, 1.82) is 0 Å². The molecular weight excluding hydrogens is 405 g/mol. The Morgan fingerprint density at radius 2 is 1.83 bits per heavy atom. The minimum absolute atomic E-state index is 0.0371. The summed E-state index contributed by atoms with van der Waals surface area (Å²) in [6, 6.07) is 15.2. The van der Waals surface area contributed by atoms with Crippen LogP contribution in [0, 0.1) is 5.92 Å². The van der Waals surface area contributed by atoms with Crippen LogP contribution in [0.25, 0.3) is 0 Å². The molecule has 0 unspecified atom stereocenters. The SMILES string of the molecule is C=CC[C@@H]1O[C@@H](c2cccc(Cl)c2)[C@@H](c2ccc(Cl)cc2)N(CC2CCC2)C1=O. The van der Waals surface area contributed by atoms with E-state index in [0.29, 0.717) is 22.4 Å². The van der Waals surface area contributed by atoms with Crippen molar-refractivity contribution in [2.24, 2.45) is 5.92 Å². The van der Waals surface area contributed by atoms with Gasteiger partial charge in [0.05, 0.1) is 6.04 Å². The number of nitrogens with zero attached hydrogens (tertiary/aromatic N) is 1. The number of carbonyl (C=O) groups is 1. The van der Waals surface area contributed by atoms with E-state index in [9.17, 15) is 4.79 Å². The van der Waals surface area contributed by atoms with E-state index < -0.39 is 6.10 Å². The van der Waals surface area contributed by atoms with E-state index in [1.807, 2.05) is 53.4 Å². The summed E-state index contributed by atoms with van der Waals surface area (Å²) in [5.41, 5.74) is 1.99. The van der Waals surface area contributed by atoms with Gasteiger partial charge in [-0.15, -0.1) is 6.58 Å². The van der Waals surface area contributed by atoms with Gasteiger partial charge in [-0.1, -0.05) is 60.0 Å². The lowest BCUT2D eigenvalue weighted by atomic mass is 9.83. The fraction of sp³-hybridized carbons (Fsp3) is 0.375. The molecule has 3 nitrogen and oxygen atoms in total. The Hall–Kier alpha value is -1.81. The van der Waals surface area contributed by atoms with Crippen molar-refractivity contribution in [2.75, 3.05) is 6.54 Å². The smallest absolute Gasteiger partial charge is 0.252 e. The number of benzene rings is 2. The molecule has 29 heavy (non-hydrogen) atoms. The number of rotatable bonds is 6. The zero-order chi connectivity index (χ0) is 20.4. The summed E-state index contributed by atoms with van der Waals surface area (Å²) in [5.74, 6) is 0.589. The summed E-state index contributed by atoms with van der Waals surface area (Å²) in [6.07, 6.45) is 4.99. The predicted octanol–water partition coefficient (Wildman–Crippen LogP) is 6.38. The van der Waals surface area contributed by atoms with Gasteiger partial charge < -0.3 is 9.64 Å². The van der Waals surface area contributed by atoms with E-state index in [1.165, 1.54) is 19.3 Å². The second-order valence-corrected chi connectivity index (χ2v) is 8.78. The van der Waals surface area contributed by atoms with E-state index in [2.05, 4.69) is 6.58 Å². The molecule has 1 heterocycles. The van der Waals surface area contributed by atoms with Gasteiger partial charge in [0.25, 0.3) is 5.91 Å². The lowest BCUT2D eigenvalue weighted by Gasteiger charge is -2.47. The average molecular weight is 430 g/mol. The molecule has 0 aromatic heterocycles. The van der Waals surface area contributed by atoms with Crippen LogP contribution < -0.4 is 0 Å². The fourth-order valence-electron chi connectivity index (χ4n) is 4.22. The molecule has 0 radical (unpaired) electrons. The second kappa shape index (κ2) is 8.91. The van der Waals surface area contributed by atoms with Crippen LogP contribution in [0.4, 0.5) is 0 Å². The highest BCUT2D eigenvalue weighted by molar-refractivity contribution is 6.30. The third-order valence-corrected chi connectivity index (χ3v) is 6.43. The minimum Gasteiger partial charge on any atom is -0.358 e. The number of hydrogen-bond donors (Lipinski definition) is 0. The molecule has 5 heteroatoms. The van der Waals surface area contributed by atoms with E-state index in [0.717, 1.165) is 17.7 Å². The Bertz CT molecular complexity index is 879. The molecule has 152 valence electrons. The quantitative estimate of drug-likeness (QED) is 0.498. The number of carbonyl (C=O) groups excluding carboxylic acids is 1. The van der Waals surface area contributed by atoms with Gasteiger partial charge in [0.15, 0.2) is 0 Å². The maximum Gasteiger partial charge on any atom is 0.252 e. The second-order valence-electron chi connectivity index (χ2n) is 7.91. The molecule has 0 N–H and O–H groups in total. The molecular formula is C24H25Cl2NO2. The fourth-order valence-corrected chi connectivity index (χ4v) is 4.54. The number of morpholine rings is 1. The molecule has 2 aliphatic rings. The van der Waals surface area contributed by atoms with Crippen molar-refractivity contribution >= 4 is 29.1 Å². The summed E-state index contributed by atoms with van der Waals surface area (Å²) >= 11 is 12.4. The monoisotopic (exact) mass is 429 g/mol. The first-order chi connectivity index (χ1) is 14.1. The predicted molar refractivity (Wildman–Crippen MR) is 117 cm³/mol. The van der Waals surface area contributed by atoms with Crippen LogP contribution in [0.1, 0.15) is 49.0 Å². The highest BCUT2D eigenvalue weighted by Gasteiger charge is 2.44. The average Bonchev–Trinajstić information content (AvgIpc) is 2.68. The largest absolute Gasteiger partial charge is 0.358 e. The summed E-state index contributed by atoms with van der Waals surface area (Å²) in [4.78, 5) is 15.4. The summed E-state index contributed by atoms with van der Waals surface area (Å²) in [5, 5.41) is 1.33. The summed E-state index contributed by atoms with van der Waals surface area (Å²) < 4.78 is 6.39. The molecule has 0 spiro atoms. The first-order valence-electron chi connectivity index (χ1n) is 10.1. The number of halogens is 2. The molecule has 1 saturated carbocycles. The topological polar surface area (TPSA) is 29.5 Å². The van der Waals surface area contributed by atoms with Crippen LogP contribution >= 0.6 is 23.2 Å².